The first-order chi connectivity index (χ1) is 32.3. The van der Waals surface area contributed by atoms with Crippen molar-refractivity contribution in [3.63, 3.8) is 0 Å². The highest BCUT2D eigenvalue weighted by Gasteiger charge is 2.33. The van der Waals surface area contributed by atoms with E-state index in [1.54, 1.807) is 0 Å². The van der Waals surface area contributed by atoms with E-state index in [-0.39, 0.29) is 55.7 Å². The third-order valence-electron chi connectivity index (χ3n) is 15.0. The summed E-state index contributed by atoms with van der Waals surface area (Å²) in [6.45, 7) is 55.9. The van der Waals surface area contributed by atoms with Crippen LogP contribution >= 0.6 is 0 Å². The summed E-state index contributed by atoms with van der Waals surface area (Å²) in [5.41, 5.74) is 14.7. The summed E-state index contributed by atoms with van der Waals surface area (Å²) in [5, 5.41) is 55.4. The Hall–Kier alpha value is -4.90. The number of rotatable bonds is 7. The first-order valence-electron chi connectivity index (χ1n) is 26.6. The van der Waals surface area contributed by atoms with Crippen molar-refractivity contribution in [2.24, 2.45) is 0 Å². The van der Waals surface area contributed by atoms with Gasteiger partial charge in [0.25, 0.3) is 0 Å². The van der Waals surface area contributed by atoms with Crippen molar-refractivity contribution in [1.82, 2.24) is 0 Å². The molecular formula is C67H98O5. The van der Waals surface area contributed by atoms with Crippen LogP contribution < -0.4 is 0 Å². The van der Waals surface area contributed by atoms with E-state index >= 15 is 0 Å². The zero-order valence-electron chi connectivity index (χ0n) is 49.9. The first kappa shape index (κ1) is 59.7. The molecule has 5 heteroatoms. The average molecular weight is 984 g/mol. The van der Waals surface area contributed by atoms with Crippen LogP contribution in [0.4, 0.5) is 0 Å². The lowest BCUT2D eigenvalue weighted by Crippen LogP contribution is -2.19. The fourth-order valence-electron chi connectivity index (χ4n) is 10.3. The number of benzene rings is 5. The van der Waals surface area contributed by atoms with Gasteiger partial charge in [0, 0.05) is 23.0 Å². The van der Waals surface area contributed by atoms with Gasteiger partial charge in [-0.15, -0.1) is 0 Å². The second-order valence-corrected chi connectivity index (χ2v) is 28.8. The maximum absolute atomic E-state index is 11.4. The van der Waals surface area contributed by atoms with Gasteiger partial charge in [-0.2, -0.15) is 0 Å². The minimum atomic E-state index is -0.210. The normalized spacial score (nSPS) is 13.7. The highest BCUT2D eigenvalue weighted by molar-refractivity contribution is 5.58. The van der Waals surface area contributed by atoms with Crippen LogP contribution in [0.2, 0.25) is 0 Å². The van der Waals surface area contributed by atoms with E-state index in [1.807, 2.05) is 18.2 Å². The standard InChI is InChI=1S/C37H52O3.C30H46O2/c1-21(25-18-29(35(5,6)7)32(38)15-22(25)2)14-28(26-19-30(36(8,9)10)33(39)16-23(26)3)27-20-31(37(11,12)13)34(40)17-24(27)4;1-18(21-14-19(27(2,3)4)16-23(25(21)31)29(8,9)10)22-15-20(28(5,6)7)17-24(26(22)32)30(11,12)13/h15-21,28,38-40H,14H2,1-13H3;14-18,31-32H,1-13H3. The zero-order valence-corrected chi connectivity index (χ0v) is 49.9. The maximum atomic E-state index is 11.4. The molecule has 5 nitrogen and oxygen atoms in total. The molecule has 0 amide bonds. The summed E-state index contributed by atoms with van der Waals surface area (Å²) in [7, 11) is 0. The number of aryl methyl sites for hydroxylation is 3. The van der Waals surface area contributed by atoms with Gasteiger partial charge in [0.1, 0.15) is 28.7 Å². The fourth-order valence-corrected chi connectivity index (χ4v) is 10.3. The van der Waals surface area contributed by atoms with Gasteiger partial charge in [-0.3, -0.25) is 0 Å². The molecule has 72 heavy (non-hydrogen) atoms. The molecule has 0 heterocycles. The molecule has 0 bridgehead atoms. The molecule has 5 aromatic carbocycles. The molecule has 0 saturated carbocycles. The second-order valence-electron chi connectivity index (χ2n) is 28.8. The molecule has 5 N–H and O–H groups in total. The lowest BCUT2D eigenvalue weighted by molar-refractivity contribution is 0.427. The van der Waals surface area contributed by atoms with Crippen LogP contribution in [0.15, 0.2) is 60.7 Å². The van der Waals surface area contributed by atoms with Gasteiger partial charge in [0.2, 0.25) is 0 Å². The molecule has 5 aromatic rings. The summed E-state index contributed by atoms with van der Waals surface area (Å²) < 4.78 is 0. The zero-order chi connectivity index (χ0) is 55.6. The highest BCUT2D eigenvalue weighted by Crippen LogP contribution is 2.49. The number of aromatic hydroxyl groups is 5. The molecule has 0 radical (unpaired) electrons. The highest BCUT2D eigenvalue weighted by atomic mass is 16.3. The monoisotopic (exact) mass is 983 g/mol. The van der Waals surface area contributed by atoms with Crippen LogP contribution in [0.5, 0.6) is 28.7 Å². The van der Waals surface area contributed by atoms with Crippen LogP contribution in [0.25, 0.3) is 0 Å². The molecule has 1 atom stereocenters. The second kappa shape index (κ2) is 20.4. The van der Waals surface area contributed by atoms with E-state index in [0.717, 1.165) is 62.1 Å². The average Bonchev–Trinajstić information content (AvgIpc) is 3.17. The molecule has 0 fully saturated rings. The number of hydrogen-bond acceptors (Lipinski definition) is 5. The molecule has 0 aromatic heterocycles. The van der Waals surface area contributed by atoms with Gasteiger partial charge in [-0.25, -0.2) is 0 Å². The predicted octanol–water partition coefficient (Wildman–Crippen LogP) is 18.4. The van der Waals surface area contributed by atoms with E-state index in [4.69, 9.17) is 0 Å². The van der Waals surface area contributed by atoms with Crippen LogP contribution in [0, 0.1) is 20.8 Å². The van der Waals surface area contributed by atoms with Crippen molar-refractivity contribution in [2.75, 3.05) is 0 Å². The Morgan fingerprint density at radius 2 is 0.583 bits per heavy atom. The van der Waals surface area contributed by atoms with Crippen molar-refractivity contribution in [3.8, 4) is 28.7 Å². The lowest BCUT2D eigenvalue weighted by Gasteiger charge is -2.31. The molecule has 396 valence electrons. The summed E-state index contributed by atoms with van der Waals surface area (Å²) in [6.07, 6.45) is 0.847. The Balaban J connectivity index is 0.000000321. The van der Waals surface area contributed by atoms with Crippen LogP contribution in [-0.2, 0) is 37.9 Å². The molecule has 0 aliphatic rings. The SMILES string of the molecule is CC(c1cc(C(C)(C)C)cc(C(C)(C)C)c1O)c1cc(C(C)(C)C)cc(C(C)(C)C)c1O.Cc1cc(O)c(C(C)(C)C)cc1C(C)CC(c1cc(C(C)(C)C)c(O)cc1C)c1cc(C(C)(C)C)c(O)cc1C. The van der Waals surface area contributed by atoms with Gasteiger partial charge >= 0.3 is 0 Å². The van der Waals surface area contributed by atoms with Gasteiger partial charge in [0.15, 0.2) is 0 Å². The number of hydrogen-bond donors (Lipinski definition) is 5. The minimum absolute atomic E-state index is 0.0460. The van der Waals surface area contributed by atoms with E-state index in [2.05, 4.69) is 222 Å². The van der Waals surface area contributed by atoms with Gasteiger partial charge in [-0.05, 0) is 162 Å². The van der Waals surface area contributed by atoms with Crippen molar-refractivity contribution >= 4 is 0 Å². The summed E-state index contributed by atoms with van der Waals surface area (Å²) in [5.74, 6) is 1.80. The summed E-state index contributed by atoms with van der Waals surface area (Å²) in [6, 6.07) is 20.9. The van der Waals surface area contributed by atoms with E-state index in [1.165, 1.54) is 27.8 Å². The van der Waals surface area contributed by atoms with E-state index in [9.17, 15) is 25.5 Å². The smallest absolute Gasteiger partial charge is 0.123 e. The Morgan fingerprint density at radius 3 is 0.847 bits per heavy atom. The minimum Gasteiger partial charge on any atom is -0.508 e. The Bertz CT molecular complexity index is 2600. The van der Waals surface area contributed by atoms with Crippen molar-refractivity contribution in [1.29, 1.82) is 0 Å². The predicted molar refractivity (Wildman–Crippen MR) is 308 cm³/mol. The van der Waals surface area contributed by atoms with Crippen LogP contribution in [0.1, 0.15) is 267 Å². The summed E-state index contributed by atoms with van der Waals surface area (Å²) >= 11 is 0. The Morgan fingerprint density at radius 1 is 0.319 bits per heavy atom. The van der Waals surface area contributed by atoms with Crippen molar-refractivity contribution < 1.29 is 25.5 Å². The third-order valence-corrected chi connectivity index (χ3v) is 15.0. The first-order valence-corrected chi connectivity index (χ1v) is 26.6. The van der Waals surface area contributed by atoms with Crippen molar-refractivity contribution in [3.05, 3.63) is 144 Å². The molecule has 1 unspecified atom stereocenters. The van der Waals surface area contributed by atoms with Crippen LogP contribution in [-0.4, -0.2) is 25.5 Å². The lowest BCUT2D eigenvalue weighted by atomic mass is 9.74. The topological polar surface area (TPSA) is 101 Å². The van der Waals surface area contributed by atoms with Crippen LogP contribution in [0.3, 0.4) is 0 Å². The quantitative estimate of drug-likeness (QED) is 0.112. The van der Waals surface area contributed by atoms with Gasteiger partial charge < -0.3 is 25.5 Å². The molecule has 5 rings (SSSR count). The third kappa shape index (κ3) is 13.4. The molecule has 0 aliphatic heterocycles. The molecular weight excluding hydrogens is 885 g/mol. The Labute approximate surface area is 438 Å². The number of phenols is 5. The van der Waals surface area contributed by atoms with E-state index in [0.29, 0.717) is 28.7 Å². The largest absolute Gasteiger partial charge is 0.508 e. The summed E-state index contributed by atoms with van der Waals surface area (Å²) in [4.78, 5) is 0. The maximum Gasteiger partial charge on any atom is 0.123 e. The van der Waals surface area contributed by atoms with Crippen molar-refractivity contribution in [2.45, 2.75) is 242 Å². The molecule has 0 saturated heterocycles. The fraction of sp³-hybridized carbons (Fsp3) is 0.552. The molecule has 0 spiro atoms. The van der Waals surface area contributed by atoms with Gasteiger partial charge in [0.05, 0.1) is 0 Å². The number of phenolic OH excluding ortho intramolecular Hbond substituents is 5. The van der Waals surface area contributed by atoms with E-state index < -0.39 is 0 Å². The molecule has 0 aliphatic carbocycles. The Kier molecular flexibility index (Phi) is 16.9. The van der Waals surface area contributed by atoms with Gasteiger partial charge in [-0.1, -0.05) is 202 Å².